The predicted molar refractivity (Wildman–Crippen MR) is 76.7 cm³/mol. The molecule has 19 heavy (non-hydrogen) atoms. The third kappa shape index (κ3) is 4.81. The molecule has 1 rings (SSSR count). The number of anilines is 2. The van der Waals surface area contributed by atoms with Crippen molar-refractivity contribution in [3.05, 3.63) is 11.3 Å². The van der Waals surface area contributed by atoms with Crippen LogP contribution in [0.3, 0.4) is 0 Å². The molecule has 0 aromatic carbocycles. The van der Waals surface area contributed by atoms with E-state index in [4.69, 9.17) is 17.3 Å². The molecule has 0 aliphatic rings. The number of rotatable bonds is 7. The summed E-state index contributed by atoms with van der Waals surface area (Å²) in [5.74, 6) is 0.669. The number of nitrogen functional groups attached to an aromatic ring is 1. The molecule has 0 amide bonds. The molecule has 0 saturated heterocycles. The second kappa shape index (κ2) is 6.88. The van der Waals surface area contributed by atoms with Crippen LogP contribution in [-0.4, -0.2) is 48.6 Å². The van der Waals surface area contributed by atoms with Crippen LogP contribution in [0.1, 0.15) is 13.3 Å². The summed E-state index contributed by atoms with van der Waals surface area (Å²) in [5.41, 5.74) is 5.54. The van der Waals surface area contributed by atoms with E-state index < -0.39 is 10.0 Å². The predicted octanol–water partition coefficient (Wildman–Crippen LogP) is 0.796. The lowest BCUT2D eigenvalue weighted by atomic mass is 10.4. The first-order chi connectivity index (χ1) is 8.86. The average molecular weight is 308 g/mol. The fraction of sp³-hybridized carbons (Fsp3) is 0.600. The molecule has 0 fully saturated rings. The quantitative estimate of drug-likeness (QED) is 0.722. The minimum absolute atomic E-state index is 0.213. The largest absolute Gasteiger partial charge is 0.382 e. The van der Waals surface area contributed by atoms with Gasteiger partial charge >= 0.3 is 0 Å². The van der Waals surface area contributed by atoms with Crippen LogP contribution in [0, 0.1) is 0 Å². The molecular formula is C10H18ClN5O2S. The Hall–Kier alpha value is -1.12. The van der Waals surface area contributed by atoms with Crippen LogP contribution in [0.2, 0.25) is 5.02 Å². The monoisotopic (exact) mass is 307 g/mol. The molecule has 0 atom stereocenters. The minimum Gasteiger partial charge on any atom is -0.382 e. The Morgan fingerprint density at radius 1 is 1.47 bits per heavy atom. The number of aromatic nitrogens is 2. The highest BCUT2D eigenvalue weighted by Crippen LogP contribution is 2.22. The Kier molecular flexibility index (Phi) is 5.77. The van der Waals surface area contributed by atoms with Crippen LogP contribution in [-0.2, 0) is 10.0 Å². The van der Waals surface area contributed by atoms with E-state index in [1.807, 2.05) is 0 Å². The van der Waals surface area contributed by atoms with Crippen molar-refractivity contribution in [2.24, 2.45) is 0 Å². The Morgan fingerprint density at radius 3 is 2.74 bits per heavy atom. The van der Waals surface area contributed by atoms with E-state index in [2.05, 4.69) is 15.3 Å². The zero-order valence-electron chi connectivity index (χ0n) is 10.9. The molecule has 0 radical (unpaired) electrons. The van der Waals surface area contributed by atoms with Crippen LogP contribution >= 0.6 is 11.6 Å². The van der Waals surface area contributed by atoms with Gasteiger partial charge in [-0.05, 0) is 6.42 Å². The first-order valence-electron chi connectivity index (χ1n) is 5.81. The summed E-state index contributed by atoms with van der Waals surface area (Å²) in [4.78, 5) is 7.71. The number of sulfonamides is 1. The lowest BCUT2D eigenvalue weighted by Crippen LogP contribution is -2.31. The third-order valence-corrected chi connectivity index (χ3v) is 4.27. The summed E-state index contributed by atoms with van der Waals surface area (Å²) >= 11 is 5.92. The molecule has 108 valence electrons. The molecule has 0 aliphatic heterocycles. The minimum atomic E-state index is -3.14. The molecular weight excluding hydrogens is 290 g/mol. The molecule has 7 nitrogen and oxygen atoms in total. The third-order valence-electron chi connectivity index (χ3n) is 2.51. The fourth-order valence-electron chi connectivity index (χ4n) is 1.53. The van der Waals surface area contributed by atoms with Gasteiger partial charge in [-0.25, -0.2) is 22.7 Å². The maximum atomic E-state index is 11.4. The zero-order chi connectivity index (χ0) is 14.5. The molecule has 0 aliphatic carbocycles. The lowest BCUT2D eigenvalue weighted by Gasteiger charge is -2.17. The standard InChI is InChI=1S/C10H18ClN5O2S/c1-3-16(19(2,17)18)6-4-5-13-10-8(11)9(12)14-7-15-10/h7H,3-6H2,1-2H3,(H3,12,13,14,15). The number of nitrogens with one attached hydrogen (secondary N) is 1. The first kappa shape index (κ1) is 15.9. The molecule has 0 unspecified atom stereocenters. The van der Waals surface area contributed by atoms with Crippen molar-refractivity contribution >= 4 is 33.3 Å². The van der Waals surface area contributed by atoms with E-state index in [0.29, 0.717) is 31.9 Å². The van der Waals surface area contributed by atoms with Crippen molar-refractivity contribution in [2.75, 3.05) is 36.9 Å². The topological polar surface area (TPSA) is 101 Å². The Bertz CT molecular complexity index is 523. The van der Waals surface area contributed by atoms with E-state index in [1.165, 1.54) is 16.9 Å². The van der Waals surface area contributed by atoms with Gasteiger partial charge in [-0.1, -0.05) is 18.5 Å². The van der Waals surface area contributed by atoms with Crippen LogP contribution in [0.4, 0.5) is 11.6 Å². The van der Waals surface area contributed by atoms with Gasteiger partial charge in [0.2, 0.25) is 10.0 Å². The highest BCUT2D eigenvalue weighted by molar-refractivity contribution is 7.88. The van der Waals surface area contributed by atoms with E-state index in [-0.39, 0.29) is 10.8 Å². The van der Waals surface area contributed by atoms with Gasteiger partial charge in [-0.3, -0.25) is 0 Å². The van der Waals surface area contributed by atoms with Crippen molar-refractivity contribution in [1.29, 1.82) is 0 Å². The Labute approximate surface area is 118 Å². The number of nitrogens with two attached hydrogens (primary N) is 1. The van der Waals surface area contributed by atoms with E-state index >= 15 is 0 Å². The summed E-state index contributed by atoms with van der Waals surface area (Å²) < 4.78 is 24.2. The van der Waals surface area contributed by atoms with Crippen molar-refractivity contribution in [3.63, 3.8) is 0 Å². The summed E-state index contributed by atoms with van der Waals surface area (Å²) in [6, 6.07) is 0. The van der Waals surface area contributed by atoms with E-state index in [0.717, 1.165) is 0 Å². The van der Waals surface area contributed by atoms with Crippen molar-refractivity contribution in [3.8, 4) is 0 Å². The van der Waals surface area contributed by atoms with Crippen molar-refractivity contribution in [2.45, 2.75) is 13.3 Å². The van der Waals surface area contributed by atoms with Gasteiger partial charge in [0.1, 0.15) is 23.0 Å². The maximum absolute atomic E-state index is 11.4. The molecule has 0 spiro atoms. The van der Waals surface area contributed by atoms with Gasteiger partial charge in [-0.15, -0.1) is 0 Å². The molecule has 0 bridgehead atoms. The summed E-state index contributed by atoms with van der Waals surface area (Å²) in [5, 5.41) is 3.28. The number of hydrogen-bond donors (Lipinski definition) is 2. The van der Waals surface area contributed by atoms with Gasteiger partial charge in [0.15, 0.2) is 0 Å². The smallest absolute Gasteiger partial charge is 0.211 e. The molecule has 0 saturated carbocycles. The van der Waals surface area contributed by atoms with E-state index in [9.17, 15) is 8.42 Å². The van der Waals surface area contributed by atoms with Crippen LogP contribution in [0.5, 0.6) is 0 Å². The highest BCUT2D eigenvalue weighted by atomic mass is 35.5. The second-order valence-electron chi connectivity index (χ2n) is 3.96. The SMILES string of the molecule is CCN(CCCNc1ncnc(N)c1Cl)S(C)(=O)=O. The Balaban J connectivity index is 2.45. The molecule has 1 aromatic rings. The number of nitrogens with zero attached hydrogens (tertiary/aromatic N) is 3. The van der Waals surface area contributed by atoms with Crippen molar-refractivity contribution < 1.29 is 8.42 Å². The van der Waals surface area contributed by atoms with Crippen LogP contribution < -0.4 is 11.1 Å². The number of halogens is 1. The van der Waals surface area contributed by atoms with E-state index in [1.54, 1.807) is 6.92 Å². The van der Waals surface area contributed by atoms with Gasteiger partial charge in [0, 0.05) is 19.6 Å². The molecule has 3 N–H and O–H groups in total. The molecule has 1 heterocycles. The fourth-order valence-corrected chi connectivity index (χ4v) is 2.62. The normalized spacial score (nSPS) is 11.8. The average Bonchev–Trinajstić information content (AvgIpc) is 2.32. The zero-order valence-corrected chi connectivity index (χ0v) is 12.5. The lowest BCUT2D eigenvalue weighted by molar-refractivity contribution is 0.428. The summed E-state index contributed by atoms with van der Waals surface area (Å²) in [6.45, 7) is 3.25. The van der Waals surface area contributed by atoms with Crippen molar-refractivity contribution in [1.82, 2.24) is 14.3 Å². The second-order valence-corrected chi connectivity index (χ2v) is 6.32. The van der Waals surface area contributed by atoms with Crippen LogP contribution in [0.15, 0.2) is 6.33 Å². The first-order valence-corrected chi connectivity index (χ1v) is 8.03. The van der Waals surface area contributed by atoms with Gasteiger partial charge in [-0.2, -0.15) is 0 Å². The molecule has 9 heteroatoms. The highest BCUT2D eigenvalue weighted by Gasteiger charge is 2.13. The summed E-state index contributed by atoms with van der Waals surface area (Å²) in [7, 11) is -3.14. The summed E-state index contributed by atoms with van der Waals surface area (Å²) in [6.07, 6.45) is 3.16. The number of hydrogen-bond acceptors (Lipinski definition) is 6. The van der Waals surface area contributed by atoms with Gasteiger partial charge in [0.25, 0.3) is 0 Å². The maximum Gasteiger partial charge on any atom is 0.211 e. The van der Waals surface area contributed by atoms with Gasteiger partial charge in [0.05, 0.1) is 6.26 Å². The Morgan fingerprint density at radius 2 is 2.16 bits per heavy atom. The van der Waals surface area contributed by atoms with Crippen LogP contribution in [0.25, 0.3) is 0 Å². The van der Waals surface area contributed by atoms with Gasteiger partial charge < -0.3 is 11.1 Å². The molecule has 1 aromatic heterocycles.